The highest BCUT2D eigenvalue weighted by Gasteiger charge is 2.12. The lowest BCUT2D eigenvalue weighted by Crippen LogP contribution is -2.26. The summed E-state index contributed by atoms with van der Waals surface area (Å²) >= 11 is 1.74. The Balaban J connectivity index is 0.000000604. The van der Waals surface area contributed by atoms with Gasteiger partial charge in [0, 0.05) is 22.6 Å². The van der Waals surface area contributed by atoms with Gasteiger partial charge in [-0.05, 0) is 42.3 Å². The molecule has 34 heavy (non-hydrogen) atoms. The van der Waals surface area contributed by atoms with Crippen LogP contribution in [0, 0.1) is 0 Å². The number of oxime groups is 1. The molecule has 3 aromatic carbocycles. The molecule has 7 nitrogen and oxygen atoms in total. The zero-order chi connectivity index (χ0) is 24.9. The molecule has 0 aliphatic rings. The van der Waals surface area contributed by atoms with Gasteiger partial charge in [-0.3, -0.25) is 0 Å². The Bertz CT molecular complexity index is 1090. The molecule has 0 saturated heterocycles. The second-order valence-electron chi connectivity index (χ2n) is 7.17. The van der Waals surface area contributed by atoms with E-state index in [4.69, 9.17) is 24.6 Å². The van der Waals surface area contributed by atoms with Crippen LogP contribution in [0.4, 0.5) is 0 Å². The van der Waals surface area contributed by atoms with Gasteiger partial charge in [-0.2, -0.15) is 0 Å². The van der Waals surface area contributed by atoms with E-state index in [1.807, 2.05) is 0 Å². The first-order chi connectivity index (χ1) is 16.4. The lowest BCUT2D eigenvalue weighted by atomic mass is 9.97. The largest absolute Gasteiger partial charge is 0.473 e. The third-order valence-corrected chi connectivity index (χ3v) is 5.88. The summed E-state index contributed by atoms with van der Waals surface area (Å²) in [5, 5.41) is 21.8. The first-order valence-corrected chi connectivity index (χ1v) is 12.1. The number of nitrogens with zero attached hydrogens (tertiary/aromatic N) is 2. The summed E-state index contributed by atoms with van der Waals surface area (Å²) in [6.45, 7) is 7.85. The highest BCUT2D eigenvalue weighted by atomic mass is 32.2. The van der Waals surface area contributed by atoms with Crippen molar-refractivity contribution in [3.8, 4) is 0 Å². The number of carboxylic acids is 2. The summed E-state index contributed by atoms with van der Waals surface area (Å²) in [5.74, 6) is -3.65. The number of rotatable bonds is 9. The van der Waals surface area contributed by atoms with Crippen molar-refractivity contribution in [1.82, 2.24) is 4.90 Å². The predicted octanol–water partition coefficient (Wildman–Crippen LogP) is 4.83. The number of thioether (sulfide) groups is 1. The van der Waals surface area contributed by atoms with Gasteiger partial charge in [0.2, 0.25) is 0 Å². The summed E-state index contributed by atoms with van der Waals surface area (Å²) in [4.78, 5) is 27.6. The maximum Gasteiger partial charge on any atom is 0.414 e. The molecule has 0 aliphatic carbocycles. The maximum atomic E-state index is 9.10. The van der Waals surface area contributed by atoms with Gasteiger partial charge in [0.1, 0.15) is 12.3 Å². The quantitative estimate of drug-likeness (QED) is 0.148. The highest BCUT2D eigenvalue weighted by Crippen LogP contribution is 2.23. The average Bonchev–Trinajstić information content (AvgIpc) is 2.86. The minimum absolute atomic E-state index is 0.582. The van der Waals surface area contributed by atoms with E-state index in [2.05, 4.69) is 96.9 Å². The molecule has 0 unspecified atom stereocenters. The predicted molar refractivity (Wildman–Crippen MR) is 137 cm³/mol. The Labute approximate surface area is 204 Å². The molecular formula is C26H30N2O5S. The molecule has 0 aromatic heterocycles. The van der Waals surface area contributed by atoms with E-state index in [1.165, 1.54) is 15.7 Å². The SMILES string of the molecule is CCN(CC)CCO/N=C(/c1ccc(SC)cc1)c1cccc2ccccc12.O=C(O)C(=O)O. The van der Waals surface area contributed by atoms with Gasteiger partial charge in [0.25, 0.3) is 0 Å². The number of carboxylic acid groups (broad SMARTS) is 2. The summed E-state index contributed by atoms with van der Waals surface area (Å²) in [6, 6.07) is 23.3. The molecule has 8 heteroatoms. The maximum absolute atomic E-state index is 9.10. The van der Waals surface area contributed by atoms with Gasteiger partial charge in [0.15, 0.2) is 0 Å². The lowest BCUT2D eigenvalue weighted by molar-refractivity contribution is -0.159. The van der Waals surface area contributed by atoms with E-state index >= 15 is 0 Å². The molecule has 3 aromatic rings. The van der Waals surface area contributed by atoms with Crippen LogP contribution < -0.4 is 0 Å². The summed E-state index contributed by atoms with van der Waals surface area (Å²) in [5.41, 5.74) is 3.04. The van der Waals surface area contributed by atoms with Crippen molar-refractivity contribution in [2.45, 2.75) is 18.7 Å². The summed E-state index contributed by atoms with van der Waals surface area (Å²) in [7, 11) is 0. The van der Waals surface area contributed by atoms with Crippen molar-refractivity contribution in [1.29, 1.82) is 0 Å². The number of hydrogen-bond acceptors (Lipinski definition) is 6. The second kappa shape index (κ2) is 14.0. The van der Waals surface area contributed by atoms with Crippen molar-refractivity contribution < 1.29 is 24.6 Å². The zero-order valence-electron chi connectivity index (χ0n) is 19.6. The number of likely N-dealkylation sites (N-methyl/N-ethyl adjacent to an activating group) is 1. The van der Waals surface area contributed by atoms with Gasteiger partial charge in [-0.1, -0.05) is 73.6 Å². The fourth-order valence-corrected chi connectivity index (χ4v) is 3.67. The highest BCUT2D eigenvalue weighted by molar-refractivity contribution is 7.98. The third kappa shape index (κ3) is 7.90. The Hall–Kier alpha value is -3.36. The number of carbonyl (C=O) groups is 2. The Morgan fingerprint density at radius 3 is 2.12 bits per heavy atom. The van der Waals surface area contributed by atoms with Crippen LogP contribution in [0.3, 0.4) is 0 Å². The van der Waals surface area contributed by atoms with Crippen LogP contribution in [0.15, 0.2) is 76.8 Å². The van der Waals surface area contributed by atoms with Crippen LogP contribution >= 0.6 is 11.8 Å². The first kappa shape index (κ1) is 26.9. The fraction of sp³-hybridized carbons (Fsp3) is 0.269. The molecule has 0 spiro atoms. The van der Waals surface area contributed by atoms with E-state index in [9.17, 15) is 0 Å². The minimum Gasteiger partial charge on any atom is -0.473 e. The number of fused-ring (bicyclic) bond motifs is 1. The number of hydrogen-bond donors (Lipinski definition) is 2. The Kier molecular flexibility index (Phi) is 11.1. The molecule has 2 N–H and O–H groups in total. The summed E-state index contributed by atoms with van der Waals surface area (Å²) in [6.07, 6.45) is 2.09. The van der Waals surface area contributed by atoms with Crippen molar-refractivity contribution in [3.05, 3.63) is 77.9 Å². The molecule has 0 radical (unpaired) electrons. The second-order valence-corrected chi connectivity index (χ2v) is 8.05. The van der Waals surface area contributed by atoms with E-state index in [0.29, 0.717) is 6.61 Å². The van der Waals surface area contributed by atoms with E-state index in [1.54, 1.807) is 11.8 Å². The van der Waals surface area contributed by atoms with Gasteiger partial charge < -0.3 is 20.0 Å². The molecule has 0 heterocycles. The molecular weight excluding hydrogens is 452 g/mol. The first-order valence-electron chi connectivity index (χ1n) is 10.9. The average molecular weight is 483 g/mol. The summed E-state index contributed by atoms with van der Waals surface area (Å²) < 4.78 is 0. The standard InChI is InChI=1S/C24H28N2OS.C2H2O4/c1-4-26(5-2)17-18-27-25-24(20-13-15-21(28-3)16-14-20)23-12-8-10-19-9-6-7-11-22(19)23;3-1(4)2(5)6/h6-16H,4-5,17-18H2,1-3H3;(H,3,4)(H,5,6)/b25-24-;. The Morgan fingerprint density at radius 1 is 0.912 bits per heavy atom. The van der Waals surface area contributed by atoms with E-state index in [0.717, 1.165) is 36.5 Å². The Morgan fingerprint density at radius 2 is 1.53 bits per heavy atom. The molecule has 0 atom stereocenters. The monoisotopic (exact) mass is 482 g/mol. The van der Waals surface area contributed by atoms with Gasteiger partial charge in [-0.25, -0.2) is 9.59 Å². The fourth-order valence-electron chi connectivity index (χ4n) is 3.26. The van der Waals surface area contributed by atoms with Crippen molar-refractivity contribution >= 4 is 40.2 Å². The van der Waals surface area contributed by atoms with Crippen molar-refractivity contribution in [2.24, 2.45) is 5.16 Å². The normalized spacial score (nSPS) is 11.1. The van der Waals surface area contributed by atoms with Crippen LogP contribution in [-0.4, -0.2) is 65.3 Å². The number of aliphatic carboxylic acids is 2. The van der Waals surface area contributed by atoms with Crippen LogP contribution in [0.1, 0.15) is 25.0 Å². The van der Waals surface area contributed by atoms with E-state index in [-0.39, 0.29) is 0 Å². The molecule has 0 bridgehead atoms. The minimum atomic E-state index is -1.82. The molecule has 0 saturated carbocycles. The smallest absolute Gasteiger partial charge is 0.414 e. The number of benzene rings is 3. The molecule has 180 valence electrons. The van der Waals surface area contributed by atoms with Crippen molar-refractivity contribution in [3.63, 3.8) is 0 Å². The van der Waals surface area contributed by atoms with Gasteiger partial charge in [0.05, 0.1) is 0 Å². The molecule has 0 aliphatic heterocycles. The van der Waals surface area contributed by atoms with Gasteiger partial charge >= 0.3 is 11.9 Å². The van der Waals surface area contributed by atoms with E-state index < -0.39 is 11.9 Å². The topological polar surface area (TPSA) is 99.4 Å². The lowest BCUT2D eigenvalue weighted by Gasteiger charge is -2.17. The third-order valence-electron chi connectivity index (χ3n) is 5.14. The molecule has 0 amide bonds. The van der Waals surface area contributed by atoms with Crippen molar-refractivity contribution in [2.75, 3.05) is 32.5 Å². The van der Waals surface area contributed by atoms with Crippen LogP contribution in [0.25, 0.3) is 10.8 Å². The molecule has 3 rings (SSSR count). The zero-order valence-corrected chi connectivity index (χ0v) is 20.4. The van der Waals surface area contributed by atoms with Crippen LogP contribution in [0.5, 0.6) is 0 Å². The molecule has 0 fully saturated rings. The van der Waals surface area contributed by atoms with Gasteiger partial charge in [-0.15, -0.1) is 11.8 Å². The van der Waals surface area contributed by atoms with Crippen LogP contribution in [-0.2, 0) is 14.4 Å². The van der Waals surface area contributed by atoms with Crippen LogP contribution in [0.2, 0.25) is 0 Å².